The Morgan fingerprint density at radius 1 is 1.53 bits per heavy atom. The fourth-order valence-electron chi connectivity index (χ4n) is 1.93. The summed E-state index contributed by atoms with van der Waals surface area (Å²) < 4.78 is 18.3. The van der Waals surface area contributed by atoms with Crippen molar-refractivity contribution < 1.29 is 13.9 Å². The van der Waals surface area contributed by atoms with E-state index in [-0.39, 0.29) is 11.7 Å². The molecule has 0 aliphatic carbocycles. The summed E-state index contributed by atoms with van der Waals surface area (Å²) in [6.45, 7) is 2.27. The van der Waals surface area contributed by atoms with E-state index >= 15 is 0 Å². The number of benzene rings is 1. The van der Waals surface area contributed by atoms with E-state index in [1.807, 2.05) is 0 Å². The maximum Gasteiger partial charge on any atom is 0.251 e. The highest BCUT2D eigenvalue weighted by atomic mass is 19.1. The lowest BCUT2D eigenvalue weighted by atomic mass is 10.1. The molecule has 0 saturated carbocycles. The number of hydrogen-bond donors (Lipinski definition) is 2. The summed E-state index contributed by atoms with van der Waals surface area (Å²) in [5, 5.41) is 5.99. The molecule has 0 fully saturated rings. The predicted octanol–water partition coefficient (Wildman–Crippen LogP) is 1.48. The summed E-state index contributed by atoms with van der Waals surface area (Å²) in [4.78, 5) is 11.9. The molecule has 1 aliphatic heterocycles. The number of amides is 1. The van der Waals surface area contributed by atoms with Gasteiger partial charge in [0.25, 0.3) is 5.91 Å². The minimum atomic E-state index is -0.531. The van der Waals surface area contributed by atoms with Gasteiger partial charge in [-0.2, -0.15) is 0 Å². The average molecular weight is 264 g/mol. The Kier molecular flexibility index (Phi) is 4.52. The third-order valence-electron chi connectivity index (χ3n) is 3.05. The zero-order valence-corrected chi connectivity index (χ0v) is 10.8. The number of hydrogen-bond acceptors (Lipinski definition) is 3. The highest BCUT2D eigenvalue weighted by Gasteiger charge is 2.11. The predicted molar refractivity (Wildman–Crippen MR) is 70.9 cm³/mol. The molecule has 0 spiro atoms. The molecule has 0 aromatic heterocycles. The van der Waals surface area contributed by atoms with E-state index in [0.29, 0.717) is 12.1 Å². The van der Waals surface area contributed by atoms with Crippen LogP contribution >= 0.6 is 0 Å². The Bertz CT molecular complexity index is 500. The van der Waals surface area contributed by atoms with Gasteiger partial charge in [0.15, 0.2) is 11.6 Å². The standard InChI is InChI=1S/C14H17FN2O2/c1-19-13-3-2-11(8-12(13)15)14(18)17-9-10-4-6-16-7-5-10/h2-4,8,16H,5-7,9H2,1H3,(H,17,18). The van der Waals surface area contributed by atoms with Crippen LogP contribution in [0, 0.1) is 5.82 Å². The first kappa shape index (κ1) is 13.5. The van der Waals surface area contributed by atoms with Gasteiger partial charge in [-0.1, -0.05) is 11.6 Å². The molecule has 1 amide bonds. The van der Waals surface area contributed by atoms with Gasteiger partial charge in [0.2, 0.25) is 0 Å². The molecule has 5 heteroatoms. The van der Waals surface area contributed by atoms with E-state index in [1.54, 1.807) is 6.07 Å². The monoisotopic (exact) mass is 264 g/mol. The minimum absolute atomic E-state index is 0.137. The van der Waals surface area contributed by atoms with Crippen molar-refractivity contribution in [3.05, 3.63) is 41.2 Å². The van der Waals surface area contributed by atoms with Crippen molar-refractivity contribution in [2.45, 2.75) is 6.42 Å². The van der Waals surface area contributed by atoms with Gasteiger partial charge in [-0.15, -0.1) is 0 Å². The van der Waals surface area contributed by atoms with E-state index in [1.165, 1.54) is 24.8 Å². The van der Waals surface area contributed by atoms with Crippen molar-refractivity contribution in [1.29, 1.82) is 0 Å². The second-order valence-corrected chi connectivity index (χ2v) is 4.35. The number of rotatable bonds is 4. The van der Waals surface area contributed by atoms with Crippen LogP contribution in [0.4, 0.5) is 4.39 Å². The normalized spacial score (nSPS) is 14.7. The molecule has 0 saturated heterocycles. The molecular weight excluding hydrogens is 247 g/mol. The van der Waals surface area contributed by atoms with Crippen LogP contribution < -0.4 is 15.4 Å². The van der Waals surface area contributed by atoms with Gasteiger partial charge in [0, 0.05) is 18.7 Å². The molecule has 1 aromatic rings. The molecule has 2 N–H and O–H groups in total. The van der Waals surface area contributed by atoms with Crippen LogP contribution in [0.15, 0.2) is 29.8 Å². The number of methoxy groups -OCH3 is 1. The fourth-order valence-corrected chi connectivity index (χ4v) is 1.93. The molecule has 1 aromatic carbocycles. The number of carbonyl (C=O) groups is 1. The molecule has 2 rings (SSSR count). The zero-order valence-electron chi connectivity index (χ0n) is 10.8. The molecule has 0 radical (unpaired) electrons. The first-order valence-corrected chi connectivity index (χ1v) is 6.21. The quantitative estimate of drug-likeness (QED) is 0.810. The SMILES string of the molecule is COc1ccc(C(=O)NCC2=CCNCC2)cc1F. The number of carbonyl (C=O) groups excluding carboxylic acids is 1. The van der Waals surface area contributed by atoms with Crippen molar-refractivity contribution >= 4 is 5.91 Å². The van der Waals surface area contributed by atoms with E-state index < -0.39 is 5.82 Å². The number of halogens is 1. The van der Waals surface area contributed by atoms with Gasteiger partial charge >= 0.3 is 0 Å². The van der Waals surface area contributed by atoms with Crippen LogP contribution in [-0.2, 0) is 0 Å². The summed E-state index contributed by atoms with van der Waals surface area (Å²) in [6.07, 6.45) is 3.00. The Balaban J connectivity index is 1.96. The van der Waals surface area contributed by atoms with Crippen molar-refractivity contribution in [1.82, 2.24) is 10.6 Å². The molecule has 0 atom stereocenters. The Morgan fingerprint density at radius 2 is 2.37 bits per heavy atom. The second-order valence-electron chi connectivity index (χ2n) is 4.35. The summed E-state index contributed by atoms with van der Waals surface area (Å²) in [5.74, 6) is -0.671. The van der Waals surface area contributed by atoms with Gasteiger partial charge in [-0.05, 0) is 31.2 Å². The molecule has 0 unspecified atom stereocenters. The number of nitrogens with one attached hydrogen (secondary N) is 2. The lowest BCUT2D eigenvalue weighted by Gasteiger charge is -2.14. The van der Waals surface area contributed by atoms with Crippen molar-refractivity contribution in [3.8, 4) is 5.75 Å². The highest BCUT2D eigenvalue weighted by Crippen LogP contribution is 2.17. The lowest BCUT2D eigenvalue weighted by molar-refractivity contribution is 0.0956. The van der Waals surface area contributed by atoms with Crippen molar-refractivity contribution in [3.63, 3.8) is 0 Å². The van der Waals surface area contributed by atoms with Gasteiger partial charge in [-0.25, -0.2) is 4.39 Å². The molecule has 102 valence electrons. The first-order chi connectivity index (χ1) is 9.20. The van der Waals surface area contributed by atoms with Gasteiger partial charge in [0.05, 0.1) is 7.11 Å². The summed E-state index contributed by atoms with van der Waals surface area (Å²) >= 11 is 0. The van der Waals surface area contributed by atoms with Crippen molar-refractivity contribution in [2.75, 3.05) is 26.7 Å². The van der Waals surface area contributed by atoms with Crippen LogP contribution in [0.25, 0.3) is 0 Å². The van der Waals surface area contributed by atoms with Crippen molar-refractivity contribution in [2.24, 2.45) is 0 Å². The Morgan fingerprint density at radius 3 is 3.00 bits per heavy atom. The minimum Gasteiger partial charge on any atom is -0.494 e. The van der Waals surface area contributed by atoms with Gasteiger partial charge in [0.1, 0.15) is 0 Å². The number of ether oxygens (including phenoxy) is 1. The van der Waals surface area contributed by atoms with Crippen LogP contribution in [0.2, 0.25) is 0 Å². The lowest BCUT2D eigenvalue weighted by Crippen LogP contribution is -2.29. The summed E-state index contributed by atoms with van der Waals surface area (Å²) in [5.41, 5.74) is 1.49. The van der Waals surface area contributed by atoms with E-state index in [2.05, 4.69) is 16.7 Å². The molecule has 0 bridgehead atoms. The maximum atomic E-state index is 13.5. The fraction of sp³-hybridized carbons (Fsp3) is 0.357. The van der Waals surface area contributed by atoms with Crippen LogP contribution in [0.3, 0.4) is 0 Å². The molecule has 1 heterocycles. The topological polar surface area (TPSA) is 50.4 Å². The Hall–Kier alpha value is -1.88. The van der Waals surface area contributed by atoms with Crippen LogP contribution in [-0.4, -0.2) is 32.7 Å². The summed E-state index contributed by atoms with van der Waals surface area (Å²) in [7, 11) is 1.39. The van der Waals surface area contributed by atoms with Gasteiger partial charge < -0.3 is 15.4 Å². The molecular formula is C14H17FN2O2. The molecule has 1 aliphatic rings. The molecule has 4 nitrogen and oxygen atoms in total. The van der Waals surface area contributed by atoms with E-state index in [0.717, 1.165) is 19.5 Å². The second kappa shape index (κ2) is 6.33. The smallest absolute Gasteiger partial charge is 0.251 e. The summed E-state index contributed by atoms with van der Waals surface area (Å²) in [6, 6.07) is 4.19. The first-order valence-electron chi connectivity index (χ1n) is 6.21. The third kappa shape index (κ3) is 3.54. The Labute approximate surface area is 111 Å². The van der Waals surface area contributed by atoms with E-state index in [4.69, 9.17) is 4.74 Å². The van der Waals surface area contributed by atoms with Crippen LogP contribution in [0.1, 0.15) is 16.8 Å². The average Bonchev–Trinajstić information content (AvgIpc) is 2.45. The van der Waals surface area contributed by atoms with E-state index in [9.17, 15) is 9.18 Å². The maximum absolute atomic E-state index is 13.5. The van der Waals surface area contributed by atoms with Gasteiger partial charge in [-0.3, -0.25) is 4.79 Å². The van der Waals surface area contributed by atoms with Crippen LogP contribution in [0.5, 0.6) is 5.75 Å². The zero-order chi connectivity index (χ0) is 13.7. The highest BCUT2D eigenvalue weighted by molar-refractivity contribution is 5.94. The third-order valence-corrected chi connectivity index (χ3v) is 3.05. The molecule has 19 heavy (non-hydrogen) atoms. The largest absolute Gasteiger partial charge is 0.494 e.